The maximum Gasteiger partial charge on any atom is 0.228 e. The highest BCUT2D eigenvalue weighted by Crippen LogP contribution is 2.16. The molecule has 18 heavy (non-hydrogen) atoms. The van der Waals surface area contributed by atoms with Crippen LogP contribution in [0.3, 0.4) is 0 Å². The van der Waals surface area contributed by atoms with E-state index in [1.807, 2.05) is 6.92 Å². The lowest BCUT2D eigenvalue weighted by molar-refractivity contribution is -0.119. The fraction of sp³-hybridized carbons (Fsp3) is 0.364. The average molecular weight is 270 g/mol. The van der Waals surface area contributed by atoms with Crippen molar-refractivity contribution < 1.29 is 4.79 Å². The zero-order chi connectivity index (χ0) is 12.4. The summed E-state index contributed by atoms with van der Waals surface area (Å²) < 4.78 is 0. The number of fused-ring (bicyclic) bond motifs is 1. The Bertz CT molecular complexity index is 539. The molecule has 0 saturated heterocycles. The van der Waals surface area contributed by atoms with E-state index in [9.17, 15) is 4.79 Å². The van der Waals surface area contributed by atoms with Gasteiger partial charge in [-0.1, -0.05) is 6.92 Å². The van der Waals surface area contributed by atoms with Gasteiger partial charge in [0, 0.05) is 11.7 Å². The van der Waals surface area contributed by atoms with Crippen LogP contribution in [-0.4, -0.2) is 27.4 Å². The Labute approximate surface area is 111 Å². The van der Waals surface area contributed by atoms with Crippen LogP contribution in [0.2, 0.25) is 0 Å². The molecule has 2 rings (SSSR count). The van der Waals surface area contributed by atoms with Gasteiger partial charge in [-0.05, 0) is 25.1 Å². The Kier molecular flexibility index (Phi) is 4.63. The highest BCUT2D eigenvalue weighted by Gasteiger charge is 2.17. The zero-order valence-corrected chi connectivity index (χ0v) is 11.0. The van der Waals surface area contributed by atoms with Crippen molar-refractivity contribution in [1.82, 2.24) is 15.4 Å². The number of nitrogens with two attached hydrogens (primary N) is 1. The third-order valence-electron chi connectivity index (χ3n) is 2.79. The van der Waals surface area contributed by atoms with Crippen molar-refractivity contribution in [3.63, 3.8) is 0 Å². The molecule has 0 aliphatic rings. The summed E-state index contributed by atoms with van der Waals surface area (Å²) in [6.07, 6.45) is 0. The molecule has 1 heterocycles. The number of aromatic nitrogens is 3. The van der Waals surface area contributed by atoms with Crippen molar-refractivity contribution in [2.75, 3.05) is 5.32 Å². The molecule has 1 amide bonds. The van der Waals surface area contributed by atoms with Crippen molar-refractivity contribution in [1.29, 1.82) is 0 Å². The van der Waals surface area contributed by atoms with Crippen LogP contribution in [0.15, 0.2) is 18.2 Å². The maximum atomic E-state index is 11.8. The van der Waals surface area contributed by atoms with Gasteiger partial charge in [0.05, 0.1) is 5.92 Å². The van der Waals surface area contributed by atoms with Crippen LogP contribution < -0.4 is 11.1 Å². The van der Waals surface area contributed by atoms with Crippen LogP contribution in [0.1, 0.15) is 13.8 Å². The number of aromatic amines is 1. The van der Waals surface area contributed by atoms with Gasteiger partial charge in [-0.25, -0.2) is 0 Å². The lowest BCUT2D eigenvalue weighted by Crippen LogP contribution is -2.34. The summed E-state index contributed by atoms with van der Waals surface area (Å²) in [5.74, 6) is -0.328. The Morgan fingerprint density at radius 1 is 1.33 bits per heavy atom. The normalized spacial score (nSPS) is 13.7. The first-order chi connectivity index (χ1) is 8.08. The molecule has 0 saturated carbocycles. The van der Waals surface area contributed by atoms with Gasteiger partial charge in [0.1, 0.15) is 11.0 Å². The molecule has 2 aromatic rings. The minimum Gasteiger partial charge on any atom is -0.327 e. The first-order valence-corrected chi connectivity index (χ1v) is 5.45. The van der Waals surface area contributed by atoms with E-state index < -0.39 is 0 Å². The Hall–Kier alpha value is -1.66. The van der Waals surface area contributed by atoms with Crippen molar-refractivity contribution in [3.05, 3.63) is 18.2 Å². The Balaban J connectivity index is 0.00000162. The molecule has 0 aliphatic carbocycles. The quantitative estimate of drug-likeness (QED) is 0.782. The molecule has 2 unspecified atom stereocenters. The van der Waals surface area contributed by atoms with Crippen molar-refractivity contribution in [3.8, 4) is 0 Å². The van der Waals surface area contributed by atoms with E-state index in [1.54, 1.807) is 25.1 Å². The van der Waals surface area contributed by atoms with E-state index in [1.165, 1.54) is 0 Å². The van der Waals surface area contributed by atoms with E-state index in [4.69, 9.17) is 5.73 Å². The number of hydrogen-bond acceptors (Lipinski definition) is 4. The number of amides is 1. The molecule has 1 aromatic carbocycles. The van der Waals surface area contributed by atoms with E-state index in [0.29, 0.717) is 5.69 Å². The van der Waals surface area contributed by atoms with Gasteiger partial charge in [-0.15, -0.1) is 12.4 Å². The van der Waals surface area contributed by atoms with Crippen LogP contribution >= 0.6 is 12.4 Å². The van der Waals surface area contributed by atoms with Crippen LogP contribution in [0, 0.1) is 5.92 Å². The van der Waals surface area contributed by atoms with Crippen LogP contribution in [0.4, 0.5) is 5.69 Å². The summed E-state index contributed by atoms with van der Waals surface area (Å²) in [6, 6.07) is 5.18. The van der Waals surface area contributed by atoms with Crippen molar-refractivity contribution >= 4 is 35.0 Å². The summed E-state index contributed by atoms with van der Waals surface area (Å²) >= 11 is 0. The standard InChI is InChI=1S/C11H15N5O.ClH/c1-6(7(2)12)11(17)13-8-3-4-9-10(5-8)15-16-14-9;/h3-7H,12H2,1-2H3,(H,13,17)(H,14,15,16);1H. The Morgan fingerprint density at radius 2 is 2.00 bits per heavy atom. The zero-order valence-electron chi connectivity index (χ0n) is 10.2. The molecule has 2 atom stereocenters. The smallest absolute Gasteiger partial charge is 0.228 e. The second-order valence-electron chi connectivity index (χ2n) is 4.16. The second-order valence-corrected chi connectivity index (χ2v) is 4.16. The highest BCUT2D eigenvalue weighted by molar-refractivity contribution is 5.94. The molecule has 7 heteroatoms. The molecular weight excluding hydrogens is 254 g/mol. The number of nitrogens with zero attached hydrogens (tertiary/aromatic N) is 2. The fourth-order valence-electron chi connectivity index (χ4n) is 1.41. The van der Waals surface area contributed by atoms with Crippen molar-refractivity contribution in [2.45, 2.75) is 19.9 Å². The maximum absolute atomic E-state index is 11.8. The summed E-state index contributed by atoms with van der Waals surface area (Å²) in [5, 5.41) is 13.2. The predicted octanol–water partition coefficient (Wildman–Crippen LogP) is 1.30. The first kappa shape index (κ1) is 14.4. The number of halogens is 1. The van der Waals surface area contributed by atoms with Gasteiger partial charge >= 0.3 is 0 Å². The van der Waals surface area contributed by atoms with E-state index in [2.05, 4.69) is 20.7 Å². The van der Waals surface area contributed by atoms with Gasteiger partial charge in [0.15, 0.2) is 0 Å². The molecule has 0 spiro atoms. The fourth-order valence-corrected chi connectivity index (χ4v) is 1.41. The summed E-state index contributed by atoms with van der Waals surface area (Å²) in [4.78, 5) is 11.8. The lowest BCUT2D eigenvalue weighted by Gasteiger charge is -2.15. The number of benzene rings is 1. The van der Waals surface area contributed by atoms with Gasteiger partial charge in [-0.2, -0.15) is 15.4 Å². The molecule has 1 aromatic heterocycles. The molecular formula is C11H16ClN5O. The molecule has 0 aliphatic heterocycles. The summed E-state index contributed by atoms with van der Waals surface area (Å²) in [5.41, 5.74) is 7.86. The lowest BCUT2D eigenvalue weighted by atomic mass is 10.0. The highest BCUT2D eigenvalue weighted by atomic mass is 35.5. The van der Waals surface area contributed by atoms with Crippen LogP contribution in [-0.2, 0) is 4.79 Å². The topological polar surface area (TPSA) is 96.7 Å². The monoisotopic (exact) mass is 269 g/mol. The molecule has 0 fully saturated rings. The van der Waals surface area contributed by atoms with Crippen LogP contribution in [0.25, 0.3) is 11.0 Å². The number of nitrogens with one attached hydrogen (secondary N) is 2. The molecule has 6 nitrogen and oxygen atoms in total. The minimum atomic E-state index is -0.233. The van der Waals surface area contributed by atoms with Gasteiger partial charge in [-0.3, -0.25) is 4.79 Å². The summed E-state index contributed by atoms with van der Waals surface area (Å²) in [6.45, 7) is 3.61. The second kappa shape index (κ2) is 5.79. The predicted molar refractivity (Wildman–Crippen MR) is 72.6 cm³/mol. The summed E-state index contributed by atoms with van der Waals surface area (Å²) in [7, 11) is 0. The SMILES string of the molecule is CC(N)C(C)C(=O)Nc1ccc2n[nH]nc2c1.Cl. The third-order valence-corrected chi connectivity index (χ3v) is 2.79. The van der Waals surface area contributed by atoms with E-state index >= 15 is 0 Å². The Morgan fingerprint density at radius 3 is 2.67 bits per heavy atom. The molecule has 0 bridgehead atoms. The molecule has 4 N–H and O–H groups in total. The minimum absolute atomic E-state index is 0. The van der Waals surface area contributed by atoms with E-state index in [0.717, 1.165) is 11.0 Å². The average Bonchev–Trinajstić information content (AvgIpc) is 2.74. The van der Waals surface area contributed by atoms with Crippen LogP contribution in [0.5, 0.6) is 0 Å². The number of carbonyl (C=O) groups excluding carboxylic acids is 1. The van der Waals surface area contributed by atoms with Gasteiger partial charge in [0.2, 0.25) is 5.91 Å². The van der Waals surface area contributed by atoms with Gasteiger partial charge in [0.25, 0.3) is 0 Å². The number of H-pyrrole nitrogens is 1. The van der Waals surface area contributed by atoms with Crippen molar-refractivity contribution in [2.24, 2.45) is 11.7 Å². The molecule has 98 valence electrons. The first-order valence-electron chi connectivity index (χ1n) is 5.45. The third kappa shape index (κ3) is 2.96. The largest absolute Gasteiger partial charge is 0.327 e. The van der Waals surface area contributed by atoms with E-state index in [-0.39, 0.29) is 30.3 Å². The number of carbonyl (C=O) groups is 1. The number of hydrogen-bond donors (Lipinski definition) is 3. The van der Waals surface area contributed by atoms with Gasteiger partial charge < -0.3 is 11.1 Å². The molecule has 0 radical (unpaired) electrons. The number of rotatable bonds is 3. The number of anilines is 1.